The van der Waals surface area contributed by atoms with Crippen molar-refractivity contribution in [2.24, 2.45) is 0 Å². The summed E-state index contributed by atoms with van der Waals surface area (Å²) in [6.07, 6.45) is 9.98. The number of fused-ring (bicyclic) bond motifs is 1. The molecule has 0 spiro atoms. The van der Waals surface area contributed by atoms with Crippen molar-refractivity contribution in [2.45, 2.75) is 38.6 Å². The average Bonchev–Trinajstić information content (AvgIpc) is 2.75. The van der Waals surface area contributed by atoms with Gasteiger partial charge < -0.3 is 5.32 Å². The van der Waals surface area contributed by atoms with Crippen LogP contribution in [0.3, 0.4) is 0 Å². The van der Waals surface area contributed by atoms with E-state index in [1.165, 1.54) is 36.0 Å². The highest BCUT2D eigenvalue weighted by molar-refractivity contribution is 5.36. The maximum Gasteiger partial charge on any atom is 0.0430 e. The maximum atomic E-state index is 5.42. The standard InChI is InChI=1S/C15H19N/c1-3-6-15(16-4-2)14-10-9-12-7-5-8-13(12)11-14/h1,9-11,15-16H,4-8H2,2H3. The lowest BCUT2D eigenvalue weighted by atomic mass is 9.99. The molecule has 1 nitrogen and oxygen atoms in total. The summed E-state index contributed by atoms with van der Waals surface area (Å²) in [4.78, 5) is 0. The quantitative estimate of drug-likeness (QED) is 0.758. The van der Waals surface area contributed by atoms with Crippen LogP contribution < -0.4 is 5.32 Å². The fourth-order valence-corrected chi connectivity index (χ4v) is 2.48. The first-order chi connectivity index (χ1) is 7.85. The molecule has 1 aromatic rings. The third-order valence-electron chi connectivity index (χ3n) is 3.30. The Morgan fingerprint density at radius 1 is 1.38 bits per heavy atom. The SMILES string of the molecule is C#CCC(NCC)c1ccc2c(c1)CCC2. The Kier molecular flexibility index (Phi) is 3.64. The Morgan fingerprint density at radius 3 is 2.94 bits per heavy atom. The molecule has 84 valence electrons. The zero-order valence-corrected chi connectivity index (χ0v) is 9.92. The van der Waals surface area contributed by atoms with Gasteiger partial charge in [-0.3, -0.25) is 0 Å². The molecule has 0 bridgehead atoms. The lowest BCUT2D eigenvalue weighted by Crippen LogP contribution is -2.20. The molecule has 0 radical (unpaired) electrons. The molecule has 0 saturated carbocycles. The number of hydrogen-bond acceptors (Lipinski definition) is 1. The van der Waals surface area contributed by atoms with E-state index < -0.39 is 0 Å². The van der Waals surface area contributed by atoms with Gasteiger partial charge in [0, 0.05) is 12.5 Å². The van der Waals surface area contributed by atoms with Crippen molar-refractivity contribution in [3.8, 4) is 12.3 Å². The number of rotatable bonds is 4. The highest BCUT2D eigenvalue weighted by atomic mass is 14.9. The Labute approximate surface area is 98.3 Å². The number of aryl methyl sites for hydroxylation is 2. The third kappa shape index (κ3) is 2.28. The molecule has 0 heterocycles. The van der Waals surface area contributed by atoms with E-state index in [1.807, 2.05) is 0 Å². The van der Waals surface area contributed by atoms with Crippen LogP contribution in [0, 0.1) is 12.3 Å². The zero-order valence-electron chi connectivity index (χ0n) is 9.92. The molecule has 0 saturated heterocycles. The first-order valence-corrected chi connectivity index (χ1v) is 6.13. The third-order valence-corrected chi connectivity index (χ3v) is 3.30. The first kappa shape index (κ1) is 11.2. The minimum Gasteiger partial charge on any atom is -0.309 e. The van der Waals surface area contributed by atoms with Crippen molar-refractivity contribution in [1.82, 2.24) is 5.32 Å². The Hall–Kier alpha value is -1.26. The molecular weight excluding hydrogens is 194 g/mol. The minimum atomic E-state index is 0.320. The summed E-state index contributed by atoms with van der Waals surface area (Å²) in [7, 11) is 0. The van der Waals surface area contributed by atoms with Crippen LogP contribution in [0.5, 0.6) is 0 Å². The smallest absolute Gasteiger partial charge is 0.0430 e. The van der Waals surface area contributed by atoms with Crippen molar-refractivity contribution >= 4 is 0 Å². The first-order valence-electron chi connectivity index (χ1n) is 6.13. The molecule has 2 rings (SSSR count). The van der Waals surface area contributed by atoms with Crippen LogP contribution in [0.1, 0.15) is 42.5 Å². The fourth-order valence-electron chi connectivity index (χ4n) is 2.48. The van der Waals surface area contributed by atoms with Gasteiger partial charge in [0.05, 0.1) is 0 Å². The van der Waals surface area contributed by atoms with Gasteiger partial charge in [-0.2, -0.15) is 0 Å². The molecule has 0 aromatic heterocycles. The second-order valence-electron chi connectivity index (χ2n) is 4.40. The highest BCUT2D eigenvalue weighted by Crippen LogP contribution is 2.26. The van der Waals surface area contributed by atoms with Crippen molar-refractivity contribution in [3.63, 3.8) is 0 Å². The number of benzene rings is 1. The van der Waals surface area contributed by atoms with Crippen molar-refractivity contribution < 1.29 is 0 Å². The summed E-state index contributed by atoms with van der Waals surface area (Å²) >= 11 is 0. The van der Waals surface area contributed by atoms with E-state index in [0.29, 0.717) is 6.04 Å². The molecular formula is C15H19N. The van der Waals surface area contributed by atoms with Gasteiger partial charge in [-0.15, -0.1) is 12.3 Å². The van der Waals surface area contributed by atoms with Crippen LogP contribution in [0.25, 0.3) is 0 Å². The van der Waals surface area contributed by atoms with Gasteiger partial charge in [0.2, 0.25) is 0 Å². The Morgan fingerprint density at radius 2 is 2.19 bits per heavy atom. The molecule has 1 aliphatic rings. The molecule has 1 unspecified atom stereocenters. The number of hydrogen-bond donors (Lipinski definition) is 1. The summed E-state index contributed by atoms with van der Waals surface area (Å²) in [6.45, 7) is 3.08. The molecule has 0 fully saturated rings. The van der Waals surface area contributed by atoms with E-state index in [2.05, 4.69) is 36.4 Å². The molecule has 1 atom stereocenters. The Bertz CT molecular complexity index is 400. The van der Waals surface area contributed by atoms with Crippen LogP contribution >= 0.6 is 0 Å². The van der Waals surface area contributed by atoms with Gasteiger partial charge in [0.1, 0.15) is 0 Å². The van der Waals surface area contributed by atoms with Gasteiger partial charge in [-0.05, 0) is 42.5 Å². The van der Waals surface area contributed by atoms with Gasteiger partial charge >= 0.3 is 0 Å². The second kappa shape index (κ2) is 5.18. The lowest BCUT2D eigenvalue weighted by molar-refractivity contribution is 0.565. The summed E-state index contributed by atoms with van der Waals surface area (Å²) < 4.78 is 0. The zero-order chi connectivity index (χ0) is 11.4. The minimum absolute atomic E-state index is 0.320. The Balaban J connectivity index is 2.21. The highest BCUT2D eigenvalue weighted by Gasteiger charge is 2.14. The van der Waals surface area contributed by atoms with Crippen LogP contribution in [0.15, 0.2) is 18.2 Å². The predicted molar refractivity (Wildman–Crippen MR) is 68.3 cm³/mol. The van der Waals surface area contributed by atoms with Crippen molar-refractivity contribution in [2.75, 3.05) is 6.54 Å². The normalized spacial score (nSPS) is 15.5. The molecule has 1 heteroatoms. The monoisotopic (exact) mass is 213 g/mol. The molecule has 0 aliphatic heterocycles. The van der Waals surface area contributed by atoms with Gasteiger partial charge in [-0.25, -0.2) is 0 Å². The predicted octanol–water partition coefficient (Wildman–Crippen LogP) is 2.85. The van der Waals surface area contributed by atoms with Crippen LogP contribution in [0.4, 0.5) is 0 Å². The topological polar surface area (TPSA) is 12.0 Å². The number of nitrogens with one attached hydrogen (secondary N) is 1. The molecule has 0 amide bonds. The van der Waals surface area contributed by atoms with Crippen molar-refractivity contribution in [1.29, 1.82) is 0 Å². The summed E-state index contributed by atoms with van der Waals surface area (Å²) in [5.74, 6) is 2.76. The second-order valence-corrected chi connectivity index (χ2v) is 4.40. The summed E-state index contributed by atoms with van der Waals surface area (Å²) in [5.41, 5.74) is 4.40. The molecule has 16 heavy (non-hydrogen) atoms. The number of terminal acetylenes is 1. The van der Waals surface area contributed by atoms with Gasteiger partial charge in [-0.1, -0.05) is 25.1 Å². The van der Waals surface area contributed by atoms with E-state index in [9.17, 15) is 0 Å². The molecule has 1 aromatic carbocycles. The van der Waals surface area contributed by atoms with E-state index in [1.54, 1.807) is 0 Å². The molecule has 1 aliphatic carbocycles. The average molecular weight is 213 g/mol. The van der Waals surface area contributed by atoms with Crippen LogP contribution in [-0.4, -0.2) is 6.54 Å². The summed E-state index contributed by atoms with van der Waals surface area (Å²) in [6, 6.07) is 7.17. The van der Waals surface area contributed by atoms with Crippen LogP contribution in [-0.2, 0) is 12.8 Å². The van der Waals surface area contributed by atoms with Crippen molar-refractivity contribution in [3.05, 3.63) is 34.9 Å². The molecule has 1 N–H and O–H groups in total. The summed E-state index contributed by atoms with van der Waals surface area (Å²) in [5, 5.41) is 3.45. The largest absolute Gasteiger partial charge is 0.309 e. The van der Waals surface area contributed by atoms with Gasteiger partial charge in [0.15, 0.2) is 0 Å². The lowest BCUT2D eigenvalue weighted by Gasteiger charge is -2.16. The van der Waals surface area contributed by atoms with E-state index in [4.69, 9.17) is 6.42 Å². The van der Waals surface area contributed by atoms with E-state index in [-0.39, 0.29) is 0 Å². The van der Waals surface area contributed by atoms with Crippen LogP contribution in [0.2, 0.25) is 0 Å². The van der Waals surface area contributed by atoms with E-state index >= 15 is 0 Å². The fraction of sp³-hybridized carbons (Fsp3) is 0.467. The maximum absolute atomic E-state index is 5.42. The van der Waals surface area contributed by atoms with E-state index in [0.717, 1.165) is 13.0 Å². The van der Waals surface area contributed by atoms with Gasteiger partial charge in [0.25, 0.3) is 0 Å².